The molecule has 0 aromatic carbocycles. The zero-order valence-corrected chi connectivity index (χ0v) is 6.62. The zero-order valence-electron chi connectivity index (χ0n) is 6.62. The van der Waals surface area contributed by atoms with Crippen LogP contribution in [0.15, 0.2) is 23.0 Å². The second-order valence-corrected chi connectivity index (χ2v) is 3.15. The van der Waals surface area contributed by atoms with E-state index < -0.39 is 5.60 Å². The molecule has 12 heavy (non-hydrogen) atoms. The normalized spacial score (nSPS) is 29.6. The Hall–Kier alpha value is -1.09. The molecule has 1 aliphatic carbocycles. The highest BCUT2D eigenvalue weighted by Crippen LogP contribution is 2.35. The van der Waals surface area contributed by atoms with Gasteiger partial charge in [-0.25, -0.2) is 0 Å². The molecule has 0 amide bonds. The van der Waals surface area contributed by atoms with Gasteiger partial charge in [-0.3, -0.25) is 4.79 Å². The van der Waals surface area contributed by atoms with E-state index in [-0.39, 0.29) is 5.78 Å². The molecule has 0 radical (unpaired) electrons. The second kappa shape index (κ2) is 2.45. The highest BCUT2D eigenvalue weighted by Gasteiger charge is 2.42. The minimum absolute atomic E-state index is 0.0936. The van der Waals surface area contributed by atoms with Crippen molar-refractivity contribution in [2.45, 2.75) is 24.9 Å². The van der Waals surface area contributed by atoms with Crippen molar-refractivity contribution in [3.63, 3.8) is 0 Å². The lowest BCUT2D eigenvalue weighted by Crippen LogP contribution is -2.29. The van der Waals surface area contributed by atoms with Crippen LogP contribution in [0.2, 0.25) is 0 Å². The summed E-state index contributed by atoms with van der Waals surface area (Å²) in [5.41, 5.74) is -0.669. The van der Waals surface area contributed by atoms with Crippen LogP contribution in [0.25, 0.3) is 0 Å². The molecule has 1 N–H and O–H groups in total. The number of hydrogen-bond donors (Lipinski definition) is 1. The summed E-state index contributed by atoms with van der Waals surface area (Å²) < 4.78 is 4.83. The minimum Gasteiger partial charge on any atom is -0.472 e. The van der Waals surface area contributed by atoms with Crippen LogP contribution in [-0.2, 0) is 10.4 Å². The second-order valence-electron chi connectivity index (χ2n) is 3.15. The first-order chi connectivity index (χ1) is 5.73. The number of hydrogen-bond acceptors (Lipinski definition) is 3. The smallest absolute Gasteiger partial charge is 0.169 e. The summed E-state index contributed by atoms with van der Waals surface area (Å²) in [5.74, 6) is -0.0936. The van der Waals surface area contributed by atoms with Crippen LogP contribution in [0.4, 0.5) is 0 Å². The van der Waals surface area contributed by atoms with E-state index in [4.69, 9.17) is 4.42 Å². The number of rotatable bonds is 1. The summed E-state index contributed by atoms with van der Waals surface area (Å²) in [6, 6.07) is 1.64. The van der Waals surface area contributed by atoms with E-state index in [1.165, 1.54) is 12.5 Å². The monoisotopic (exact) mass is 166 g/mol. The summed E-state index contributed by atoms with van der Waals surface area (Å²) in [5, 5.41) is 9.91. The van der Waals surface area contributed by atoms with E-state index >= 15 is 0 Å². The Labute approximate surface area is 70.0 Å². The summed E-state index contributed by atoms with van der Waals surface area (Å²) in [6.07, 6.45) is 4.66. The number of carbonyl (C=O) groups excluding carboxylic acids is 1. The first kappa shape index (κ1) is 7.55. The van der Waals surface area contributed by atoms with Crippen LogP contribution in [0.5, 0.6) is 0 Å². The Morgan fingerprint density at radius 2 is 2.42 bits per heavy atom. The molecule has 3 heteroatoms. The number of furan rings is 1. The molecule has 0 spiro atoms. The fourth-order valence-corrected chi connectivity index (χ4v) is 1.66. The quantitative estimate of drug-likeness (QED) is 0.682. The van der Waals surface area contributed by atoms with E-state index in [9.17, 15) is 9.90 Å². The van der Waals surface area contributed by atoms with E-state index in [1.807, 2.05) is 0 Å². The van der Waals surface area contributed by atoms with Crippen LogP contribution < -0.4 is 0 Å². The van der Waals surface area contributed by atoms with Crippen molar-refractivity contribution < 1.29 is 14.3 Å². The fourth-order valence-electron chi connectivity index (χ4n) is 1.66. The highest BCUT2D eigenvalue weighted by molar-refractivity contribution is 5.90. The molecule has 2 rings (SSSR count). The molecular formula is C9H10O3. The predicted octanol–water partition coefficient (Wildman–Crippen LogP) is 1.22. The third kappa shape index (κ3) is 0.898. The van der Waals surface area contributed by atoms with Gasteiger partial charge in [0, 0.05) is 12.0 Å². The number of Topliss-reactive ketones (excluding diaryl/α,β-unsaturated/α-hetero) is 1. The first-order valence-electron chi connectivity index (χ1n) is 4.02. The van der Waals surface area contributed by atoms with Crippen LogP contribution in [-0.4, -0.2) is 10.9 Å². The molecule has 1 aromatic rings. The predicted molar refractivity (Wildman–Crippen MR) is 41.5 cm³/mol. The lowest BCUT2D eigenvalue weighted by atomic mass is 9.94. The Balaban J connectivity index is 2.38. The maximum Gasteiger partial charge on any atom is 0.169 e. The third-order valence-electron chi connectivity index (χ3n) is 2.40. The van der Waals surface area contributed by atoms with Gasteiger partial charge in [-0.15, -0.1) is 0 Å². The highest BCUT2D eigenvalue weighted by atomic mass is 16.3. The molecule has 1 aliphatic rings. The van der Waals surface area contributed by atoms with Crippen molar-refractivity contribution in [2.24, 2.45) is 0 Å². The largest absolute Gasteiger partial charge is 0.472 e. The van der Waals surface area contributed by atoms with Gasteiger partial charge in [0.05, 0.1) is 12.5 Å². The van der Waals surface area contributed by atoms with Crippen molar-refractivity contribution in [3.05, 3.63) is 24.2 Å². The summed E-state index contributed by atoms with van der Waals surface area (Å²) in [6.45, 7) is 0. The molecule has 1 atom stereocenters. The molecule has 0 bridgehead atoms. The number of carbonyl (C=O) groups is 1. The van der Waals surface area contributed by atoms with Crippen molar-refractivity contribution in [1.82, 2.24) is 0 Å². The van der Waals surface area contributed by atoms with Gasteiger partial charge in [0.25, 0.3) is 0 Å². The maximum atomic E-state index is 11.3. The number of aliphatic hydroxyl groups is 1. The molecule has 0 aliphatic heterocycles. The topological polar surface area (TPSA) is 50.4 Å². The Kier molecular flexibility index (Phi) is 1.54. The van der Waals surface area contributed by atoms with Gasteiger partial charge in [0.15, 0.2) is 11.4 Å². The van der Waals surface area contributed by atoms with E-state index in [1.54, 1.807) is 6.07 Å². The minimum atomic E-state index is -1.26. The Morgan fingerprint density at radius 1 is 1.58 bits per heavy atom. The van der Waals surface area contributed by atoms with Crippen molar-refractivity contribution in [2.75, 3.05) is 0 Å². The Bertz CT molecular complexity index is 289. The van der Waals surface area contributed by atoms with Gasteiger partial charge in [-0.1, -0.05) is 0 Å². The average molecular weight is 166 g/mol. The molecule has 1 saturated carbocycles. The standard InChI is InChI=1S/C9H10O3/c10-8-2-1-4-9(8,11)7-3-5-12-6-7/h3,5-6,11H,1-2,4H2/t9-/m0/s1. The number of ketones is 1. The molecule has 1 fully saturated rings. The summed E-state index contributed by atoms with van der Waals surface area (Å²) >= 11 is 0. The molecule has 0 saturated heterocycles. The molecule has 1 aromatic heterocycles. The van der Waals surface area contributed by atoms with E-state index in [0.717, 1.165) is 6.42 Å². The van der Waals surface area contributed by atoms with Crippen molar-refractivity contribution >= 4 is 5.78 Å². The lowest BCUT2D eigenvalue weighted by molar-refractivity contribution is -0.134. The van der Waals surface area contributed by atoms with E-state index in [0.29, 0.717) is 18.4 Å². The third-order valence-corrected chi connectivity index (χ3v) is 2.40. The molecule has 3 nitrogen and oxygen atoms in total. The Morgan fingerprint density at radius 3 is 2.92 bits per heavy atom. The molecule has 64 valence electrons. The first-order valence-corrected chi connectivity index (χ1v) is 4.02. The van der Waals surface area contributed by atoms with E-state index in [2.05, 4.69) is 0 Å². The maximum absolute atomic E-state index is 11.3. The SMILES string of the molecule is O=C1CCC[C@]1(O)c1ccoc1. The van der Waals surface area contributed by atoms with Gasteiger partial charge in [0.2, 0.25) is 0 Å². The summed E-state index contributed by atoms with van der Waals surface area (Å²) in [4.78, 5) is 11.3. The van der Waals surface area contributed by atoms with Crippen LogP contribution in [0.1, 0.15) is 24.8 Å². The van der Waals surface area contributed by atoms with Gasteiger partial charge in [-0.05, 0) is 18.9 Å². The van der Waals surface area contributed by atoms with Gasteiger partial charge in [0.1, 0.15) is 0 Å². The molecular weight excluding hydrogens is 156 g/mol. The lowest BCUT2D eigenvalue weighted by Gasteiger charge is -2.17. The van der Waals surface area contributed by atoms with Crippen LogP contribution >= 0.6 is 0 Å². The zero-order chi connectivity index (χ0) is 8.60. The fraction of sp³-hybridized carbons (Fsp3) is 0.444. The van der Waals surface area contributed by atoms with Gasteiger partial charge in [-0.2, -0.15) is 0 Å². The van der Waals surface area contributed by atoms with Crippen molar-refractivity contribution in [1.29, 1.82) is 0 Å². The van der Waals surface area contributed by atoms with Crippen LogP contribution in [0, 0.1) is 0 Å². The van der Waals surface area contributed by atoms with Gasteiger partial charge >= 0.3 is 0 Å². The van der Waals surface area contributed by atoms with Crippen molar-refractivity contribution in [3.8, 4) is 0 Å². The van der Waals surface area contributed by atoms with Crippen LogP contribution in [0.3, 0.4) is 0 Å². The average Bonchev–Trinajstić information content (AvgIpc) is 2.62. The summed E-state index contributed by atoms with van der Waals surface area (Å²) in [7, 11) is 0. The van der Waals surface area contributed by atoms with Gasteiger partial charge < -0.3 is 9.52 Å². The molecule has 1 heterocycles. The molecule has 0 unspecified atom stereocenters.